The molecule has 1 aromatic rings. The van der Waals surface area contributed by atoms with Crippen molar-refractivity contribution in [3.63, 3.8) is 0 Å². The fraction of sp³-hybridized carbons (Fsp3) is 0.455. The summed E-state index contributed by atoms with van der Waals surface area (Å²) in [7, 11) is -3.17. The molecule has 1 aliphatic rings. The topological polar surface area (TPSA) is 69.4 Å². The maximum atomic E-state index is 11.9. The van der Waals surface area contributed by atoms with Crippen molar-refractivity contribution >= 4 is 9.84 Å². The van der Waals surface area contributed by atoms with Crippen molar-refractivity contribution in [1.29, 1.82) is 0 Å². The molecule has 1 heterocycles. The van der Waals surface area contributed by atoms with Crippen LogP contribution in [0.25, 0.3) is 0 Å². The van der Waals surface area contributed by atoms with Crippen LogP contribution in [-0.4, -0.2) is 27.3 Å². The minimum Gasteiger partial charge on any atom is -0.491 e. The second-order valence-electron chi connectivity index (χ2n) is 3.80. The molecule has 1 aromatic carbocycles. The molecular weight excluding hydrogens is 226 g/mol. The molecule has 2 rings (SSSR count). The first-order valence-electron chi connectivity index (χ1n) is 5.32. The Morgan fingerprint density at radius 1 is 1.38 bits per heavy atom. The lowest BCUT2D eigenvalue weighted by atomic mass is 10.1. The van der Waals surface area contributed by atoms with Crippen molar-refractivity contribution in [1.82, 2.24) is 0 Å². The molecule has 0 saturated heterocycles. The van der Waals surface area contributed by atoms with E-state index in [1.54, 1.807) is 6.07 Å². The van der Waals surface area contributed by atoms with E-state index in [1.165, 1.54) is 0 Å². The molecule has 88 valence electrons. The van der Waals surface area contributed by atoms with Crippen LogP contribution in [-0.2, 0) is 16.3 Å². The first-order valence-corrected chi connectivity index (χ1v) is 6.98. The van der Waals surface area contributed by atoms with Gasteiger partial charge in [-0.2, -0.15) is 0 Å². The summed E-state index contributed by atoms with van der Waals surface area (Å²) >= 11 is 0. The number of hydrogen-bond donors (Lipinski definition) is 1. The van der Waals surface area contributed by atoms with Gasteiger partial charge in [0.2, 0.25) is 0 Å². The van der Waals surface area contributed by atoms with Crippen LogP contribution in [0.3, 0.4) is 0 Å². The Bertz CT molecular complexity index is 482. The van der Waals surface area contributed by atoms with E-state index >= 15 is 0 Å². The highest BCUT2D eigenvalue weighted by Gasteiger charge is 2.27. The molecule has 0 aromatic heterocycles. The molecule has 0 aliphatic carbocycles. The molecule has 1 aliphatic heterocycles. The standard InChI is InChI=1S/C11H15NO3S/c12-6-7-15-10-5-1-3-9-4-2-8-16(13,14)11(9)10/h1,3,5H,2,4,6-8,12H2. The lowest BCUT2D eigenvalue weighted by molar-refractivity contribution is 0.318. The van der Waals surface area contributed by atoms with Crippen molar-refractivity contribution in [3.05, 3.63) is 23.8 Å². The summed E-state index contributed by atoms with van der Waals surface area (Å²) in [6.45, 7) is 0.718. The Morgan fingerprint density at radius 3 is 2.94 bits per heavy atom. The molecular formula is C11H15NO3S. The fourth-order valence-corrected chi connectivity index (χ4v) is 3.68. The first kappa shape index (κ1) is 11.4. The van der Waals surface area contributed by atoms with E-state index in [2.05, 4.69) is 0 Å². The zero-order valence-electron chi connectivity index (χ0n) is 8.98. The van der Waals surface area contributed by atoms with Crippen LogP contribution in [0.15, 0.2) is 23.1 Å². The third kappa shape index (κ3) is 2.05. The monoisotopic (exact) mass is 241 g/mol. The highest BCUT2D eigenvalue weighted by Crippen LogP contribution is 2.33. The number of fused-ring (bicyclic) bond motifs is 1. The predicted octanol–water partition coefficient (Wildman–Crippen LogP) is 0.744. The van der Waals surface area contributed by atoms with Gasteiger partial charge in [-0.3, -0.25) is 0 Å². The number of ether oxygens (including phenoxy) is 1. The SMILES string of the molecule is NCCOc1cccc2c1S(=O)(=O)CCC2. The first-order chi connectivity index (χ1) is 7.65. The summed E-state index contributed by atoms with van der Waals surface area (Å²) in [5.74, 6) is 0.658. The molecule has 2 N–H and O–H groups in total. The molecule has 0 spiro atoms. The third-order valence-corrected chi connectivity index (χ3v) is 4.52. The molecule has 0 unspecified atom stereocenters. The number of aryl methyl sites for hydroxylation is 1. The van der Waals surface area contributed by atoms with Crippen LogP contribution in [0, 0.1) is 0 Å². The average Bonchev–Trinajstić information content (AvgIpc) is 2.25. The largest absolute Gasteiger partial charge is 0.491 e. The molecule has 0 fully saturated rings. The van der Waals surface area contributed by atoms with E-state index in [9.17, 15) is 8.42 Å². The van der Waals surface area contributed by atoms with Gasteiger partial charge in [-0.25, -0.2) is 8.42 Å². The molecule has 0 bridgehead atoms. The van der Waals surface area contributed by atoms with Crippen molar-refractivity contribution < 1.29 is 13.2 Å². The van der Waals surface area contributed by atoms with E-state index in [1.807, 2.05) is 12.1 Å². The Hall–Kier alpha value is -1.07. The fourth-order valence-electron chi connectivity index (χ4n) is 1.95. The van der Waals surface area contributed by atoms with Crippen molar-refractivity contribution in [3.8, 4) is 5.75 Å². The molecule has 0 saturated carbocycles. The maximum Gasteiger partial charge on any atom is 0.182 e. The molecule has 16 heavy (non-hydrogen) atoms. The summed E-state index contributed by atoms with van der Waals surface area (Å²) < 4.78 is 29.3. The smallest absolute Gasteiger partial charge is 0.182 e. The zero-order valence-corrected chi connectivity index (χ0v) is 9.79. The summed E-state index contributed by atoms with van der Waals surface area (Å²) in [6, 6.07) is 5.37. The Morgan fingerprint density at radius 2 is 2.19 bits per heavy atom. The van der Waals surface area contributed by atoms with Gasteiger partial charge in [-0.1, -0.05) is 12.1 Å². The number of hydrogen-bond acceptors (Lipinski definition) is 4. The minimum absolute atomic E-state index is 0.211. The number of benzene rings is 1. The predicted molar refractivity (Wildman–Crippen MR) is 61.4 cm³/mol. The van der Waals surface area contributed by atoms with Gasteiger partial charge in [0.1, 0.15) is 17.3 Å². The van der Waals surface area contributed by atoms with Crippen LogP contribution in [0.1, 0.15) is 12.0 Å². The van der Waals surface area contributed by atoms with Crippen molar-refractivity contribution in [2.45, 2.75) is 17.7 Å². The zero-order chi connectivity index (χ0) is 11.6. The van der Waals surface area contributed by atoms with E-state index in [0.29, 0.717) is 30.2 Å². The Kier molecular flexibility index (Phi) is 3.16. The average molecular weight is 241 g/mol. The molecule has 4 nitrogen and oxygen atoms in total. The van der Waals surface area contributed by atoms with Crippen LogP contribution in [0.4, 0.5) is 0 Å². The van der Waals surface area contributed by atoms with Gasteiger partial charge >= 0.3 is 0 Å². The summed E-state index contributed by atoms with van der Waals surface area (Å²) in [5.41, 5.74) is 6.21. The van der Waals surface area contributed by atoms with Crippen LogP contribution < -0.4 is 10.5 Å². The molecule has 0 amide bonds. The Balaban J connectivity index is 2.47. The van der Waals surface area contributed by atoms with Crippen molar-refractivity contribution in [2.75, 3.05) is 18.9 Å². The quantitative estimate of drug-likeness (QED) is 0.847. The highest BCUT2D eigenvalue weighted by atomic mass is 32.2. The number of nitrogens with two attached hydrogens (primary N) is 1. The molecule has 5 heteroatoms. The van der Waals surface area contributed by atoms with Crippen LogP contribution >= 0.6 is 0 Å². The summed E-state index contributed by atoms with van der Waals surface area (Å²) in [5, 5.41) is 0. The summed E-state index contributed by atoms with van der Waals surface area (Å²) in [6.07, 6.45) is 1.49. The van der Waals surface area contributed by atoms with Crippen LogP contribution in [0.5, 0.6) is 5.75 Å². The lowest BCUT2D eigenvalue weighted by Crippen LogP contribution is -2.19. The third-order valence-electron chi connectivity index (χ3n) is 2.61. The minimum atomic E-state index is -3.17. The van der Waals surface area contributed by atoms with Crippen molar-refractivity contribution in [2.24, 2.45) is 5.73 Å². The maximum absolute atomic E-state index is 11.9. The Labute approximate surface area is 95.3 Å². The second kappa shape index (κ2) is 4.43. The van der Waals surface area contributed by atoms with Gasteiger partial charge in [0.05, 0.1) is 5.75 Å². The van der Waals surface area contributed by atoms with Gasteiger partial charge in [-0.15, -0.1) is 0 Å². The van der Waals surface area contributed by atoms with Gasteiger partial charge in [0.15, 0.2) is 9.84 Å². The second-order valence-corrected chi connectivity index (χ2v) is 5.85. The molecule has 0 atom stereocenters. The van der Waals surface area contributed by atoms with Crippen LogP contribution in [0.2, 0.25) is 0 Å². The van der Waals surface area contributed by atoms with E-state index in [0.717, 1.165) is 12.0 Å². The number of sulfone groups is 1. The van der Waals surface area contributed by atoms with E-state index in [-0.39, 0.29) is 5.75 Å². The van der Waals surface area contributed by atoms with Gasteiger partial charge in [0.25, 0.3) is 0 Å². The molecule has 0 radical (unpaired) electrons. The van der Waals surface area contributed by atoms with Gasteiger partial charge < -0.3 is 10.5 Å². The highest BCUT2D eigenvalue weighted by molar-refractivity contribution is 7.91. The summed E-state index contributed by atoms with van der Waals surface area (Å²) in [4.78, 5) is 0.370. The van der Waals surface area contributed by atoms with E-state index < -0.39 is 9.84 Å². The van der Waals surface area contributed by atoms with Gasteiger partial charge in [-0.05, 0) is 24.5 Å². The van der Waals surface area contributed by atoms with Gasteiger partial charge in [0, 0.05) is 6.54 Å². The van der Waals surface area contributed by atoms with E-state index in [4.69, 9.17) is 10.5 Å². The normalized spacial score (nSPS) is 17.8. The number of rotatable bonds is 3. The lowest BCUT2D eigenvalue weighted by Gasteiger charge is -2.19.